The van der Waals surface area contributed by atoms with Gasteiger partial charge in [0.2, 0.25) is 5.91 Å². The lowest BCUT2D eigenvalue weighted by atomic mass is 10.2. The highest BCUT2D eigenvalue weighted by molar-refractivity contribution is 7.99. The molecule has 162 valence electrons. The Kier molecular flexibility index (Phi) is 7.43. The maximum Gasteiger partial charge on any atom is 0.255 e. The van der Waals surface area contributed by atoms with Gasteiger partial charge in [-0.3, -0.25) is 9.59 Å². The van der Waals surface area contributed by atoms with Crippen LogP contribution in [0.3, 0.4) is 0 Å². The number of carbonyl (C=O) groups is 2. The summed E-state index contributed by atoms with van der Waals surface area (Å²) in [5.41, 5.74) is 1.43. The van der Waals surface area contributed by atoms with Crippen molar-refractivity contribution in [3.8, 4) is 11.5 Å². The van der Waals surface area contributed by atoms with Gasteiger partial charge in [-0.2, -0.15) is 0 Å². The predicted molar refractivity (Wildman–Crippen MR) is 122 cm³/mol. The largest absolute Gasteiger partial charge is 0.495 e. The molecule has 2 N–H and O–H groups in total. The Labute approximate surface area is 188 Å². The van der Waals surface area contributed by atoms with Crippen LogP contribution in [0.1, 0.15) is 10.4 Å². The fourth-order valence-electron chi connectivity index (χ4n) is 2.68. The van der Waals surface area contributed by atoms with Gasteiger partial charge in [0.25, 0.3) is 5.91 Å². The van der Waals surface area contributed by atoms with E-state index < -0.39 is 0 Å². The van der Waals surface area contributed by atoms with Crippen molar-refractivity contribution in [3.05, 3.63) is 59.4 Å². The van der Waals surface area contributed by atoms with E-state index in [0.29, 0.717) is 33.5 Å². The zero-order valence-corrected chi connectivity index (χ0v) is 18.7. The number of nitrogens with zero attached hydrogens (tertiary/aromatic N) is 2. The molecule has 2 aromatic carbocycles. The number of thioether (sulfide) groups is 1. The first-order valence-corrected chi connectivity index (χ1v) is 10.5. The number of aromatic nitrogens is 2. The number of methoxy groups -OCH3 is 2. The minimum Gasteiger partial charge on any atom is -0.495 e. The number of imidazole rings is 1. The van der Waals surface area contributed by atoms with Gasteiger partial charge in [-0.05, 0) is 24.3 Å². The summed E-state index contributed by atoms with van der Waals surface area (Å²) in [5.74, 6) is 0.548. The van der Waals surface area contributed by atoms with Crippen molar-refractivity contribution in [1.29, 1.82) is 0 Å². The monoisotopic (exact) mass is 460 g/mol. The highest BCUT2D eigenvalue weighted by atomic mass is 35.5. The third-order valence-corrected chi connectivity index (χ3v) is 5.62. The number of nitrogens with one attached hydrogen (secondary N) is 2. The van der Waals surface area contributed by atoms with Crippen LogP contribution < -0.4 is 20.1 Å². The molecule has 0 aliphatic carbocycles. The van der Waals surface area contributed by atoms with Crippen LogP contribution in [0.2, 0.25) is 5.02 Å². The fourth-order valence-corrected chi connectivity index (χ4v) is 3.64. The summed E-state index contributed by atoms with van der Waals surface area (Å²) in [6.45, 7) is 0. The molecule has 0 atom stereocenters. The number of hydrogen-bond acceptors (Lipinski definition) is 6. The molecule has 2 amide bonds. The van der Waals surface area contributed by atoms with Crippen molar-refractivity contribution in [1.82, 2.24) is 9.55 Å². The Bertz CT molecular complexity index is 1090. The van der Waals surface area contributed by atoms with E-state index in [9.17, 15) is 9.59 Å². The Hall–Kier alpha value is -3.17. The van der Waals surface area contributed by atoms with Gasteiger partial charge in [0.1, 0.15) is 11.5 Å². The molecule has 31 heavy (non-hydrogen) atoms. The molecular weight excluding hydrogens is 440 g/mol. The van der Waals surface area contributed by atoms with E-state index in [0.717, 1.165) is 5.16 Å². The summed E-state index contributed by atoms with van der Waals surface area (Å²) in [5, 5.41) is 6.71. The van der Waals surface area contributed by atoms with E-state index in [-0.39, 0.29) is 17.6 Å². The molecule has 0 bridgehead atoms. The van der Waals surface area contributed by atoms with E-state index >= 15 is 0 Å². The summed E-state index contributed by atoms with van der Waals surface area (Å²) in [7, 11) is 4.84. The molecule has 0 aliphatic heterocycles. The van der Waals surface area contributed by atoms with Gasteiger partial charge in [0, 0.05) is 42.8 Å². The molecule has 0 radical (unpaired) electrons. The average molecular weight is 461 g/mol. The summed E-state index contributed by atoms with van der Waals surface area (Å²) in [6.07, 6.45) is 3.50. The van der Waals surface area contributed by atoms with E-state index in [1.165, 1.54) is 26.0 Å². The number of amides is 2. The third kappa shape index (κ3) is 5.71. The van der Waals surface area contributed by atoms with Crippen LogP contribution in [0.4, 0.5) is 11.4 Å². The van der Waals surface area contributed by atoms with Gasteiger partial charge in [0.05, 0.1) is 30.7 Å². The van der Waals surface area contributed by atoms with E-state index in [1.807, 2.05) is 17.8 Å². The second-order valence-electron chi connectivity index (χ2n) is 6.38. The maximum atomic E-state index is 12.6. The van der Waals surface area contributed by atoms with Crippen molar-refractivity contribution >= 4 is 46.6 Å². The summed E-state index contributed by atoms with van der Waals surface area (Å²) in [6, 6.07) is 9.73. The van der Waals surface area contributed by atoms with Crippen molar-refractivity contribution in [2.75, 3.05) is 30.6 Å². The molecule has 10 heteroatoms. The number of halogens is 1. The van der Waals surface area contributed by atoms with Crippen LogP contribution >= 0.6 is 23.4 Å². The SMILES string of the molecule is COc1cc(NC(=O)c2ccc(NC(=O)CSc3nccn3C)cc2)c(OC)cc1Cl. The van der Waals surface area contributed by atoms with E-state index in [4.69, 9.17) is 21.1 Å². The van der Waals surface area contributed by atoms with E-state index in [2.05, 4.69) is 15.6 Å². The van der Waals surface area contributed by atoms with Crippen molar-refractivity contribution < 1.29 is 19.1 Å². The van der Waals surface area contributed by atoms with Crippen LogP contribution in [-0.2, 0) is 11.8 Å². The lowest BCUT2D eigenvalue weighted by molar-refractivity contribution is -0.113. The van der Waals surface area contributed by atoms with Gasteiger partial charge in [-0.15, -0.1) is 0 Å². The third-order valence-electron chi connectivity index (χ3n) is 4.26. The Morgan fingerprint density at radius 1 is 1.10 bits per heavy atom. The second kappa shape index (κ2) is 10.2. The highest BCUT2D eigenvalue weighted by Gasteiger charge is 2.14. The second-order valence-corrected chi connectivity index (χ2v) is 7.73. The molecule has 0 aliphatic rings. The van der Waals surface area contributed by atoms with Gasteiger partial charge < -0.3 is 24.7 Å². The lowest BCUT2D eigenvalue weighted by Crippen LogP contribution is -2.15. The number of anilines is 2. The van der Waals surface area contributed by atoms with Gasteiger partial charge in [-0.1, -0.05) is 23.4 Å². The fraction of sp³-hybridized carbons (Fsp3) is 0.190. The predicted octanol–water partition coefficient (Wildman–Crippen LogP) is 4.07. The molecule has 0 saturated heterocycles. The van der Waals surface area contributed by atoms with Crippen LogP contribution in [0.15, 0.2) is 53.9 Å². The first-order chi connectivity index (χ1) is 14.9. The van der Waals surface area contributed by atoms with Crippen LogP contribution in [-0.4, -0.2) is 41.3 Å². The van der Waals surface area contributed by atoms with Gasteiger partial charge >= 0.3 is 0 Å². The lowest BCUT2D eigenvalue weighted by Gasteiger charge is -2.13. The maximum absolute atomic E-state index is 12.6. The Morgan fingerprint density at radius 2 is 1.81 bits per heavy atom. The topological polar surface area (TPSA) is 94.5 Å². The molecule has 0 fully saturated rings. The van der Waals surface area contributed by atoms with Gasteiger partial charge in [-0.25, -0.2) is 4.98 Å². The standard InChI is InChI=1S/C21H21ClN4O4S/c1-26-9-8-23-21(26)31-12-19(27)24-14-6-4-13(5-7-14)20(28)25-16-11-17(29-2)15(22)10-18(16)30-3/h4-11H,12H2,1-3H3,(H,24,27)(H,25,28). The number of aryl methyl sites for hydroxylation is 1. The Morgan fingerprint density at radius 3 is 2.42 bits per heavy atom. The van der Waals surface area contributed by atoms with Gasteiger partial charge in [0.15, 0.2) is 5.16 Å². The smallest absolute Gasteiger partial charge is 0.255 e. The van der Waals surface area contributed by atoms with Crippen LogP contribution in [0.25, 0.3) is 0 Å². The molecule has 3 aromatic rings. The zero-order valence-electron chi connectivity index (χ0n) is 17.1. The molecule has 0 unspecified atom stereocenters. The van der Waals surface area contributed by atoms with E-state index in [1.54, 1.807) is 42.6 Å². The number of hydrogen-bond donors (Lipinski definition) is 2. The summed E-state index contributed by atoms with van der Waals surface area (Å²) in [4.78, 5) is 28.9. The quantitative estimate of drug-likeness (QED) is 0.492. The number of benzene rings is 2. The van der Waals surface area contributed by atoms with Crippen molar-refractivity contribution in [2.45, 2.75) is 5.16 Å². The molecule has 8 nitrogen and oxygen atoms in total. The van der Waals surface area contributed by atoms with Crippen LogP contribution in [0.5, 0.6) is 11.5 Å². The number of rotatable bonds is 8. The number of carbonyl (C=O) groups excluding carboxylic acids is 2. The molecule has 1 heterocycles. The molecular formula is C21H21ClN4O4S. The normalized spacial score (nSPS) is 10.5. The Balaban J connectivity index is 1.61. The highest BCUT2D eigenvalue weighted by Crippen LogP contribution is 2.36. The minimum absolute atomic E-state index is 0.164. The van der Waals surface area contributed by atoms with Crippen molar-refractivity contribution in [2.24, 2.45) is 7.05 Å². The molecule has 0 spiro atoms. The molecule has 0 saturated carbocycles. The first kappa shape index (κ1) is 22.5. The number of ether oxygens (including phenoxy) is 2. The minimum atomic E-state index is -0.342. The van der Waals surface area contributed by atoms with Crippen molar-refractivity contribution in [3.63, 3.8) is 0 Å². The molecule has 1 aromatic heterocycles. The average Bonchev–Trinajstić information content (AvgIpc) is 3.18. The molecule has 3 rings (SSSR count). The zero-order chi connectivity index (χ0) is 22.4. The summed E-state index contributed by atoms with van der Waals surface area (Å²) >= 11 is 7.44. The summed E-state index contributed by atoms with van der Waals surface area (Å²) < 4.78 is 12.3. The first-order valence-electron chi connectivity index (χ1n) is 9.14. The van der Waals surface area contributed by atoms with Crippen LogP contribution in [0, 0.1) is 0 Å².